The Morgan fingerprint density at radius 1 is 0.656 bits per heavy atom. The molecule has 2 bridgehead atoms. The summed E-state index contributed by atoms with van der Waals surface area (Å²) in [5.41, 5.74) is 9.98. The van der Waals surface area contributed by atoms with Crippen LogP contribution in [0.15, 0.2) is 48.7 Å². The van der Waals surface area contributed by atoms with Crippen molar-refractivity contribution >= 4 is 35.0 Å². The van der Waals surface area contributed by atoms with Crippen LogP contribution in [0.25, 0.3) is 44.8 Å². The van der Waals surface area contributed by atoms with E-state index in [0.717, 1.165) is 108 Å². The summed E-state index contributed by atoms with van der Waals surface area (Å²) in [4.78, 5) is 72.1. The second kappa shape index (κ2) is 17.7. The summed E-state index contributed by atoms with van der Waals surface area (Å²) in [6.45, 7) is 8.82. The number of nitrogens with zero attached hydrogens (tertiary/aromatic N) is 6. The van der Waals surface area contributed by atoms with E-state index in [1.54, 1.807) is 0 Å². The van der Waals surface area contributed by atoms with Crippen molar-refractivity contribution in [1.29, 1.82) is 0 Å². The number of nitrogens with one attached hydrogen (secondary N) is 4. The molecular weight excluding hydrogens is 813 g/mol. The van der Waals surface area contributed by atoms with E-state index in [1.165, 1.54) is 25.3 Å². The molecule has 5 aliphatic rings. The maximum absolute atomic E-state index is 13.8. The molecule has 2 saturated heterocycles. The van der Waals surface area contributed by atoms with Crippen molar-refractivity contribution in [3.05, 3.63) is 71.4 Å². The van der Waals surface area contributed by atoms with Gasteiger partial charge in [-0.15, -0.1) is 10.2 Å². The topological polar surface area (TPSA) is 200 Å². The zero-order valence-electron chi connectivity index (χ0n) is 37.4. The predicted molar refractivity (Wildman–Crippen MR) is 240 cm³/mol. The molecule has 2 unspecified atom stereocenters. The van der Waals surface area contributed by atoms with Crippen LogP contribution in [-0.4, -0.2) is 103 Å². The van der Waals surface area contributed by atoms with Gasteiger partial charge in [-0.1, -0.05) is 58.0 Å². The molecule has 4 amide bonds. The third kappa shape index (κ3) is 7.95. The van der Waals surface area contributed by atoms with Crippen LogP contribution in [0.2, 0.25) is 0 Å². The molecule has 336 valence electrons. The van der Waals surface area contributed by atoms with Gasteiger partial charge in [0.25, 0.3) is 0 Å². The first-order valence-corrected chi connectivity index (χ1v) is 22.8. The Balaban J connectivity index is 0.963. The van der Waals surface area contributed by atoms with E-state index < -0.39 is 24.3 Å². The highest BCUT2D eigenvalue weighted by molar-refractivity contribution is 5.88. The van der Waals surface area contributed by atoms with Crippen molar-refractivity contribution < 1.29 is 28.7 Å². The van der Waals surface area contributed by atoms with Gasteiger partial charge < -0.3 is 39.9 Å². The maximum Gasteiger partial charge on any atom is 0.407 e. The number of fused-ring (bicyclic) bond motifs is 3. The Hall–Kier alpha value is -6.32. The Labute approximate surface area is 372 Å². The second-order valence-corrected chi connectivity index (χ2v) is 18.5. The summed E-state index contributed by atoms with van der Waals surface area (Å²) in [7, 11) is 2.59. The quantitative estimate of drug-likeness (QED) is 0.101. The number of carbonyl (C=O) groups is 4. The van der Waals surface area contributed by atoms with E-state index in [4.69, 9.17) is 29.6 Å². The third-order valence-electron chi connectivity index (χ3n) is 13.9. The van der Waals surface area contributed by atoms with Crippen LogP contribution in [0.4, 0.5) is 9.59 Å². The van der Waals surface area contributed by atoms with E-state index in [2.05, 4.69) is 57.0 Å². The molecule has 5 aromatic rings. The van der Waals surface area contributed by atoms with E-state index in [1.807, 2.05) is 49.8 Å². The SMILES string of the molecule is COC(=O)N[C@H](C(=O)N1CCCC1c1ncc(-c2ccc(-c3nnc(-c4ccc5nc(C6CCCN6C(=O)[C@@H](NC(=O)OC)C(C)C)[nH]c5c4)c4c3C3CCC4CC3)cc2)[nH]1)C(C)C. The van der Waals surface area contributed by atoms with E-state index >= 15 is 0 Å². The van der Waals surface area contributed by atoms with Crippen LogP contribution in [-0.2, 0) is 19.1 Å². The molecule has 4 N–H and O–H groups in total. The van der Waals surface area contributed by atoms with E-state index in [-0.39, 0.29) is 35.7 Å². The molecule has 4 atom stereocenters. The number of aromatic amines is 2. The van der Waals surface area contributed by atoms with Gasteiger partial charge >= 0.3 is 12.2 Å². The summed E-state index contributed by atoms with van der Waals surface area (Å²) in [5, 5.41) is 15.4. The summed E-state index contributed by atoms with van der Waals surface area (Å²) in [5.74, 6) is 1.76. The molecular formula is C48H58N10O6. The highest BCUT2D eigenvalue weighted by Gasteiger charge is 2.41. The van der Waals surface area contributed by atoms with Crippen LogP contribution in [0.5, 0.6) is 0 Å². The molecule has 64 heavy (non-hydrogen) atoms. The first-order chi connectivity index (χ1) is 30.9. The van der Waals surface area contributed by atoms with Gasteiger partial charge in [-0.2, -0.15) is 0 Å². The fourth-order valence-electron chi connectivity index (χ4n) is 10.6. The largest absolute Gasteiger partial charge is 0.453 e. The van der Waals surface area contributed by atoms with Crippen molar-refractivity contribution in [2.75, 3.05) is 27.3 Å². The minimum absolute atomic E-state index is 0.112. The van der Waals surface area contributed by atoms with Crippen molar-refractivity contribution in [3.63, 3.8) is 0 Å². The lowest BCUT2D eigenvalue weighted by Gasteiger charge is -2.40. The third-order valence-corrected chi connectivity index (χ3v) is 13.9. The number of ether oxygens (including phenoxy) is 2. The smallest absolute Gasteiger partial charge is 0.407 e. The molecule has 0 radical (unpaired) electrons. The van der Waals surface area contributed by atoms with E-state index in [9.17, 15) is 19.2 Å². The number of hydrogen-bond acceptors (Lipinski definition) is 10. The van der Waals surface area contributed by atoms with Gasteiger partial charge in [-0.3, -0.25) is 9.59 Å². The Morgan fingerprint density at radius 2 is 1.16 bits per heavy atom. The number of methoxy groups -OCH3 is 2. The number of aromatic nitrogens is 6. The number of amides is 4. The highest BCUT2D eigenvalue weighted by Crippen LogP contribution is 2.54. The van der Waals surface area contributed by atoms with Crippen molar-refractivity contribution in [3.8, 4) is 33.8 Å². The number of hydrogen-bond donors (Lipinski definition) is 4. The van der Waals surface area contributed by atoms with Gasteiger partial charge in [0.15, 0.2) is 0 Å². The Bertz CT molecular complexity index is 2560. The first kappa shape index (κ1) is 43.0. The number of rotatable bonds is 11. The van der Waals surface area contributed by atoms with Crippen LogP contribution in [0.1, 0.15) is 126 Å². The lowest BCUT2D eigenvalue weighted by Crippen LogP contribution is -2.51. The summed E-state index contributed by atoms with van der Waals surface area (Å²) in [6, 6.07) is 12.8. The highest BCUT2D eigenvalue weighted by atomic mass is 16.5. The molecule has 2 aliphatic heterocycles. The number of alkyl carbamates (subject to hydrolysis) is 2. The number of benzene rings is 2. The number of imidazole rings is 2. The molecule has 3 fully saturated rings. The molecule has 3 aromatic heterocycles. The van der Waals surface area contributed by atoms with Crippen LogP contribution in [0.3, 0.4) is 0 Å². The predicted octanol–water partition coefficient (Wildman–Crippen LogP) is 7.92. The number of carbonyl (C=O) groups excluding carboxylic acids is 4. The average molecular weight is 871 g/mol. The van der Waals surface area contributed by atoms with E-state index in [0.29, 0.717) is 24.9 Å². The van der Waals surface area contributed by atoms with Gasteiger partial charge in [0.05, 0.1) is 60.6 Å². The Morgan fingerprint density at radius 3 is 1.69 bits per heavy atom. The fourth-order valence-corrected chi connectivity index (χ4v) is 10.6. The van der Waals surface area contributed by atoms with Gasteiger partial charge in [0, 0.05) is 24.2 Å². The summed E-state index contributed by atoms with van der Waals surface area (Å²) in [6.07, 6.45) is 8.33. The molecule has 3 aliphatic carbocycles. The number of H-pyrrole nitrogens is 2. The molecule has 16 nitrogen and oxygen atoms in total. The molecule has 0 spiro atoms. The molecule has 1 saturated carbocycles. The minimum atomic E-state index is -0.703. The molecule has 2 aromatic carbocycles. The van der Waals surface area contributed by atoms with Crippen molar-refractivity contribution in [2.24, 2.45) is 11.8 Å². The lowest BCUT2D eigenvalue weighted by atomic mass is 9.65. The summed E-state index contributed by atoms with van der Waals surface area (Å²) >= 11 is 0. The standard InChI is InChI=1S/C48H58N10O6/c1-25(2)39(53-47(61)63-5)45(59)57-21-7-9-35(57)43-49-24-34(52-43)27-11-17-30(18-12-27)41-37-28-13-15-29(16-14-28)38(37)42(56-55-41)31-19-20-32-33(23-31)51-44(50-32)36-10-8-22-58(36)46(60)40(26(3)4)54-48(62)64-6/h11-12,17-20,23-26,28-29,35-36,39-40H,7-10,13-16,21-22H2,1-6H3,(H,49,52)(H,50,51)(H,53,61)(H,54,62)/t28?,29?,35?,36?,39-,40-/m0/s1. The lowest BCUT2D eigenvalue weighted by molar-refractivity contribution is -0.136. The maximum atomic E-state index is 13.8. The second-order valence-electron chi connectivity index (χ2n) is 18.5. The van der Waals surface area contributed by atoms with Crippen LogP contribution >= 0.6 is 0 Å². The Kier molecular flexibility index (Phi) is 11.9. The molecule has 16 heteroatoms. The number of likely N-dealkylation sites (tertiary alicyclic amines) is 2. The molecule has 5 heterocycles. The monoisotopic (exact) mass is 870 g/mol. The fraction of sp³-hybridized carbons (Fsp3) is 0.500. The van der Waals surface area contributed by atoms with Gasteiger partial charge in [0.1, 0.15) is 23.7 Å². The molecule has 10 rings (SSSR count). The first-order valence-electron chi connectivity index (χ1n) is 22.8. The van der Waals surface area contributed by atoms with Crippen LogP contribution < -0.4 is 10.6 Å². The normalized spacial score (nSPS) is 21.3. The van der Waals surface area contributed by atoms with Crippen molar-refractivity contribution in [2.45, 2.75) is 115 Å². The zero-order chi connectivity index (χ0) is 44.8. The zero-order valence-corrected chi connectivity index (χ0v) is 37.4. The van der Waals surface area contributed by atoms with Gasteiger partial charge in [-0.25, -0.2) is 19.6 Å². The summed E-state index contributed by atoms with van der Waals surface area (Å²) < 4.78 is 9.60. The van der Waals surface area contributed by atoms with Crippen molar-refractivity contribution in [1.82, 2.24) is 50.6 Å². The van der Waals surface area contributed by atoms with Gasteiger partial charge in [-0.05, 0) is 104 Å². The average Bonchev–Trinajstić information content (AvgIpc) is 4.16. The van der Waals surface area contributed by atoms with Crippen LogP contribution in [0, 0.1) is 11.8 Å². The van der Waals surface area contributed by atoms with Gasteiger partial charge in [0.2, 0.25) is 11.8 Å². The minimum Gasteiger partial charge on any atom is -0.453 e.